The molecule has 3 nitrogen and oxygen atoms in total. The summed E-state index contributed by atoms with van der Waals surface area (Å²) in [5, 5.41) is 5.11. The number of pyridine rings is 1. The highest BCUT2D eigenvalue weighted by Gasteiger charge is 2.00. The predicted octanol–water partition coefficient (Wildman–Crippen LogP) is 2.00. The predicted molar refractivity (Wildman–Crippen MR) is 71.4 cm³/mol. The third-order valence-electron chi connectivity index (χ3n) is 2.84. The first-order chi connectivity index (χ1) is 8.33. The summed E-state index contributed by atoms with van der Waals surface area (Å²) in [5.41, 5.74) is 0.0985. The van der Waals surface area contributed by atoms with E-state index < -0.39 is 0 Å². The molecule has 0 radical (unpaired) electrons. The van der Waals surface area contributed by atoms with E-state index in [4.69, 9.17) is 0 Å². The van der Waals surface area contributed by atoms with Crippen LogP contribution in [0, 0.1) is 0 Å². The molecule has 0 aliphatic rings. The number of hydrogen-bond donors (Lipinski definition) is 1. The summed E-state index contributed by atoms with van der Waals surface area (Å²) < 4.78 is 1.77. The lowest BCUT2D eigenvalue weighted by Crippen LogP contribution is -2.27. The van der Waals surface area contributed by atoms with Gasteiger partial charge in [0, 0.05) is 24.7 Å². The van der Waals surface area contributed by atoms with Gasteiger partial charge in [0.2, 0.25) is 0 Å². The second-order valence-corrected chi connectivity index (χ2v) is 4.15. The van der Waals surface area contributed by atoms with Crippen LogP contribution >= 0.6 is 0 Å². The lowest BCUT2D eigenvalue weighted by atomic mass is 10.2. The molecule has 1 aromatic carbocycles. The Kier molecular flexibility index (Phi) is 3.94. The summed E-state index contributed by atoms with van der Waals surface area (Å²) in [6.45, 7) is 4.70. The third-order valence-corrected chi connectivity index (χ3v) is 2.84. The molecule has 2 rings (SSSR count). The summed E-state index contributed by atoms with van der Waals surface area (Å²) in [6, 6.07) is 9.71. The maximum Gasteiger partial charge on any atom is 0.258 e. The van der Waals surface area contributed by atoms with E-state index in [9.17, 15) is 4.79 Å². The molecule has 0 amide bonds. The SMILES string of the molecule is CCCNCCn1ccc2ccccc2c1=O. The van der Waals surface area contributed by atoms with E-state index in [1.54, 1.807) is 4.57 Å². The van der Waals surface area contributed by atoms with Crippen molar-refractivity contribution in [3.63, 3.8) is 0 Å². The quantitative estimate of drug-likeness (QED) is 0.797. The smallest absolute Gasteiger partial charge is 0.258 e. The molecule has 0 saturated carbocycles. The number of nitrogens with one attached hydrogen (secondary N) is 1. The zero-order chi connectivity index (χ0) is 12.1. The standard InChI is InChI=1S/C14H18N2O/c1-2-8-15-9-11-16-10-7-12-5-3-4-6-13(12)14(16)17/h3-7,10,15H,2,8-9,11H2,1H3. The van der Waals surface area contributed by atoms with Crippen molar-refractivity contribution < 1.29 is 0 Å². The molecule has 0 fully saturated rings. The molecule has 0 atom stereocenters. The van der Waals surface area contributed by atoms with Crippen LogP contribution in [0.2, 0.25) is 0 Å². The topological polar surface area (TPSA) is 34.0 Å². The third kappa shape index (κ3) is 2.74. The van der Waals surface area contributed by atoms with Crippen molar-refractivity contribution in [2.24, 2.45) is 0 Å². The summed E-state index contributed by atoms with van der Waals surface area (Å²) in [6.07, 6.45) is 2.99. The Hall–Kier alpha value is -1.61. The molecule has 3 heteroatoms. The van der Waals surface area contributed by atoms with Crippen LogP contribution in [0.25, 0.3) is 10.8 Å². The van der Waals surface area contributed by atoms with Crippen molar-refractivity contribution >= 4 is 10.8 Å². The maximum atomic E-state index is 12.1. The van der Waals surface area contributed by atoms with Crippen LogP contribution in [-0.4, -0.2) is 17.7 Å². The Morgan fingerprint density at radius 2 is 2.00 bits per heavy atom. The van der Waals surface area contributed by atoms with Gasteiger partial charge in [-0.2, -0.15) is 0 Å². The van der Waals surface area contributed by atoms with Gasteiger partial charge < -0.3 is 9.88 Å². The van der Waals surface area contributed by atoms with Crippen molar-refractivity contribution in [2.45, 2.75) is 19.9 Å². The molecule has 0 bridgehead atoms. The average Bonchev–Trinajstić information content (AvgIpc) is 2.37. The summed E-state index contributed by atoms with van der Waals surface area (Å²) in [4.78, 5) is 12.1. The lowest BCUT2D eigenvalue weighted by molar-refractivity contribution is 0.584. The van der Waals surface area contributed by atoms with Crippen LogP contribution in [0.4, 0.5) is 0 Å². The Labute approximate surface area is 101 Å². The van der Waals surface area contributed by atoms with Crippen LogP contribution in [0.3, 0.4) is 0 Å². The fourth-order valence-corrected chi connectivity index (χ4v) is 1.91. The number of aromatic nitrogens is 1. The van der Waals surface area contributed by atoms with E-state index in [1.807, 2.05) is 36.5 Å². The molecule has 0 aliphatic heterocycles. The van der Waals surface area contributed by atoms with Gasteiger partial charge >= 0.3 is 0 Å². The van der Waals surface area contributed by atoms with Gasteiger partial charge in [0.15, 0.2) is 0 Å². The normalized spacial score (nSPS) is 10.9. The molecule has 17 heavy (non-hydrogen) atoms. The Morgan fingerprint density at radius 1 is 1.18 bits per heavy atom. The molecular formula is C14H18N2O. The van der Waals surface area contributed by atoms with E-state index >= 15 is 0 Å². The van der Waals surface area contributed by atoms with Gasteiger partial charge in [0.05, 0.1) is 0 Å². The van der Waals surface area contributed by atoms with Crippen molar-refractivity contribution in [1.29, 1.82) is 0 Å². The molecule has 0 saturated heterocycles. The fraction of sp³-hybridized carbons (Fsp3) is 0.357. The van der Waals surface area contributed by atoms with Crippen molar-refractivity contribution in [2.75, 3.05) is 13.1 Å². The van der Waals surface area contributed by atoms with E-state index in [2.05, 4.69) is 12.2 Å². The van der Waals surface area contributed by atoms with Gasteiger partial charge in [-0.25, -0.2) is 0 Å². The second-order valence-electron chi connectivity index (χ2n) is 4.15. The number of hydrogen-bond acceptors (Lipinski definition) is 2. The van der Waals surface area contributed by atoms with Gasteiger partial charge in [0.1, 0.15) is 0 Å². The minimum atomic E-state index is 0.0985. The minimum absolute atomic E-state index is 0.0985. The fourth-order valence-electron chi connectivity index (χ4n) is 1.91. The van der Waals surface area contributed by atoms with Crippen molar-refractivity contribution in [1.82, 2.24) is 9.88 Å². The zero-order valence-corrected chi connectivity index (χ0v) is 10.1. The van der Waals surface area contributed by atoms with Crippen LogP contribution in [0.5, 0.6) is 0 Å². The molecule has 0 unspecified atom stereocenters. The maximum absolute atomic E-state index is 12.1. The number of fused-ring (bicyclic) bond motifs is 1. The van der Waals surface area contributed by atoms with E-state index in [-0.39, 0.29) is 5.56 Å². The largest absolute Gasteiger partial charge is 0.315 e. The summed E-state index contributed by atoms with van der Waals surface area (Å²) >= 11 is 0. The monoisotopic (exact) mass is 230 g/mol. The molecular weight excluding hydrogens is 212 g/mol. The van der Waals surface area contributed by atoms with Crippen LogP contribution in [0.1, 0.15) is 13.3 Å². The van der Waals surface area contributed by atoms with Gasteiger partial charge in [0.25, 0.3) is 5.56 Å². The van der Waals surface area contributed by atoms with Crippen LogP contribution in [-0.2, 0) is 6.54 Å². The number of rotatable bonds is 5. The average molecular weight is 230 g/mol. The lowest BCUT2D eigenvalue weighted by Gasteiger charge is -2.07. The molecule has 0 spiro atoms. The number of benzene rings is 1. The summed E-state index contributed by atoms with van der Waals surface area (Å²) in [7, 11) is 0. The van der Waals surface area contributed by atoms with Crippen molar-refractivity contribution in [3.05, 3.63) is 46.9 Å². The Bertz CT molecular complexity index is 545. The van der Waals surface area contributed by atoms with Crippen molar-refractivity contribution in [3.8, 4) is 0 Å². The van der Waals surface area contributed by atoms with E-state index in [1.165, 1.54) is 0 Å². The van der Waals surface area contributed by atoms with Gasteiger partial charge in [-0.3, -0.25) is 4.79 Å². The highest BCUT2D eigenvalue weighted by Crippen LogP contribution is 2.07. The highest BCUT2D eigenvalue weighted by molar-refractivity contribution is 5.81. The first-order valence-corrected chi connectivity index (χ1v) is 6.12. The van der Waals surface area contributed by atoms with E-state index in [0.717, 1.165) is 36.8 Å². The number of nitrogens with zero attached hydrogens (tertiary/aromatic N) is 1. The Balaban J connectivity index is 2.18. The molecule has 2 aromatic rings. The molecule has 0 aliphatic carbocycles. The molecule has 90 valence electrons. The molecule has 1 aromatic heterocycles. The zero-order valence-electron chi connectivity index (χ0n) is 10.1. The molecule has 1 N–H and O–H groups in total. The summed E-state index contributed by atoms with van der Waals surface area (Å²) in [5.74, 6) is 0. The van der Waals surface area contributed by atoms with Gasteiger partial charge in [-0.15, -0.1) is 0 Å². The minimum Gasteiger partial charge on any atom is -0.315 e. The molecule has 1 heterocycles. The van der Waals surface area contributed by atoms with Gasteiger partial charge in [-0.1, -0.05) is 25.1 Å². The first kappa shape index (κ1) is 11.9. The van der Waals surface area contributed by atoms with E-state index in [0.29, 0.717) is 0 Å². The van der Waals surface area contributed by atoms with Crippen LogP contribution in [0.15, 0.2) is 41.3 Å². The van der Waals surface area contributed by atoms with Gasteiger partial charge in [-0.05, 0) is 30.5 Å². The first-order valence-electron chi connectivity index (χ1n) is 6.12. The highest BCUT2D eigenvalue weighted by atomic mass is 16.1. The van der Waals surface area contributed by atoms with Crippen LogP contribution < -0.4 is 10.9 Å². The second kappa shape index (κ2) is 5.64. The Morgan fingerprint density at radius 3 is 2.82 bits per heavy atom.